The Morgan fingerprint density at radius 1 is 1.47 bits per heavy atom. The predicted octanol–water partition coefficient (Wildman–Crippen LogP) is 2.08. The van der Waals surface area contributed by atoms with Crippen molar-refractivity contribution in [1.29, 1.82) is 0 Å². The molecule has 0 bridgehead atoms. The van der Waals surface area contributed by atoms with E-state index < -0.39 is 5.97 Å². The third kappa shape index (κ3) is 2.79. The minimum absolute atomic E-state index is 0.00662. The number of carboxylic acids is 1. The van der Waals surface area contributed by atoms with Crippen molar-refractivity contribution >= 4 is 29.1 Å². The summed E-state index contributed by atoms with van der Waals surface area (Å²) in [4.78, 5) is 16.4. The Labute approximate surface area is 118 Å². The molecule has 2 rings (SSSR count). The summed E-state index contributed by atoms with van der Waals surface area (Å²) in [6, 6.07) is 0. The molecule has 0 fully saturated rings. The van der Waals surface area contributed by atoms with E-state index in [4.69, 9.17) is 0 Å². The highest BCUT2D eigenvalue weighted by Crippen LogP contribution is 2.31. The van der Waals surface area contributed by atoms with Crippen LogP contribution >= 0.6 is 23.1 Å². The summed E-state index contributed by atoms with van der Waals surface area (Å²) in [5, 5.41) is 17.9. The summed E-state index contributed by atoms with van der Waals surface area (Å²) in [6.07, 6.45) is 2.00. The zero-order chi connectivity index (χ0) is 14.0. The SMILES string of the molecule is CSCCn1nnc(C(=O)O)c1-c1sc(C)nc1C. The molecule has 0 amide bonds. The normalized spacial score (nSPS) is 10.9. The van der Waals surface area contributed by atoms with Gasteiger partial charge in [-0.1, -0.05) is 5.21 Å². The van der Waals surface area contributed by atoms with Crippen LogP contribution in [-0.2, 0) is 6.54 Å². The van der Waals surface area contributed by atoms with Gasteiger partial charge in [-0.2, -0.15) is 11.8 Å². The van der Waals surface area contributed by atoms with Gasteiger partial charge in [-0.15, -0.1) is 16.4 Å². The van der Waals surface area contributed by atoms with Gasteiger partial charge < -0.3 is 5.11 Å². The Bertz CT molecular complexity index is 606. The highest BCUT2D eigenvalue weighted by molar-refractivity contribution is 7.98. The number of hydrogen-bond donors (Lipinski definition) is 1. The third-order valence-corrected chi connectivity index (χ3v) is 4.23. The van der Waals surface area contributed by atoms with Crippen molar-refractivity contribution in [3.8, 4) is 10.6 Å². The van der Waals surface area contributed by atoms with E-state index in [9.17, 15) is 9.90 Å². The van der Waals surface area contributed by atoms with Crippen molar-refractivity contribution in [3.05, 3.63) is 16.4 Å². The number of aromatic carboxylic acids is 1. The predicted molar refractivity (Wildman–Crippen MR) is 75.9 cm³/mol. The van der Waals surface area contributed by atoms with Crippen LogP contribution in [0.25, 0.3) is 10.6 Å². The summed E-state index contributed by atoms with van der Waals surface area (Å²) in [5.74, 6) is -0.206. The second-order valence-electron chi connectivity index (χ2n) is 3.96. The monoisotopic (exact) mass is 298 g/mol. The van der Waals surface area contributed by atoms with Crippen LogP contribution in [0.4, 0.5) is 0 Å². The van der Waals surface area contributed by atoms with Gasteiger partial charge in [-0.3, -0.25) is 0 Å². The molecule has 0 unspecified atom stereocenters. The minimum Gasteiger partial charge on any atom is -0.476 e. The second kappa shape index (κ2) is 5.70. The molecule has 0 atom stereocenters. The molecule has 0 radical (unpaired) electrons. The Balaban J connectivity index is 2.54. The lowest BCUT2D eigenvalue weighted by atomic mass is 10.2. The number of thioether (sulfide) groups is 1. The van der Waals surface area contributed by atoms with E-state index in [0.29, 0.717) is 12.2 Å². The summed E-state index contributed by atoms with van der Waals surface area (Å²) < 4.78 is 1.65. The number of carbonyl (C=O) groups is 1. The lowest BCUT2D eigenvalue weighted by Gasteiger charge is -2.04. The van der Waals surface area contributed by atoms with E-state index in [2.05, 4.69) is 15.3 Å². The molecule has 0 spiro atoms. The molecule has 2 aromatic rings. The number of thiazole rings is 1. The number of aromatic nitrogens is 4. The molecule has 1 N–H and O–H groups in total. The van der Waals surface area contributed by atoms with Crippen LogP contribution in [0.5, 0.6) is 0 Å². The van der Waals surface area contributed by atoms with Crippen LogP contribution in [0.2, 0.25) is 0 Å². The average Bonchev–Trinajstić information content (AvgIpc) is 2.89. The Hall–Kier alpha value is -1.41. The van der Waals surface area contributed by atoms with Gasteiger partial charge in [0.1, 0.15) is 5.69 Å². The first-order valence-electron chi connectivity index (χ1n) is 5.64. The van der Waals surface area contributed by atoms with E-state index in [1.165, 1.54) is 11.3 Å². The molecular weight excluding hydrogens is 284 g/mol. The van der Waals surface area contributed by atoms with Crippen LogP contribution in [-0.4, -0.2) is 43.1 Å². The Morgan fingerprint density at radius 3 is 2.74 bits per heavy atom. The fourth-order valence-electron chi connectivity index (χ4n) is 1.77. The lowest BCUT2D eigenvalue weighted by molar-refractivity contribution is 0.0691. The summed E-state index contributed by atoms with van der Waals surface area (Å²) in [7, 11) is 0. The van der Waals surface area contributed by atoms with Crippen molar-refractivity contribution in [2.75, 3.05) is 12.0 Å². The molecule has 0 saturated carbocycles. The molecule has 0 saturated heterocycles. The van der Waals surface area contributed by atoms with E-state index in [-0.39, 0.29) is 5.69 Å². The van der Waals surface area contributed by atoms with Gasteiger partial charge in [0, 0.05) is 5.75 Å². The van der Waals surface area contributed by atoms with Crippen LogP contribution in [0, 0.1) is 13.8 Å². The first-order chi connectivity index (χ1) is 9.04. The molecule has 0 aromatic carbocycles. The minimum atomic E-state index is -1.06. The number of aryl methyl sites for hydroxylation is 3. The van der Waals surface area contributed by atoms with Crippen LogP contribution in [0.15, 0.2) is 0 Å². The molecular formula is C11H14N4O2S2. The van der Waals surface area contributed by atoms with Crippen LogP contribution in [0.1, 0.15) is 21.2 Å². The molecule has 2 heterocycles. The summed E-state index contributed by atoms with van der Waals surface area (Å²) >= 11 is 3.15. The topological polar surface area (TPSA) is 80.9 Å². The van der Waals surface area contributed by atoms with Crippen molar-refractivity contribution in [1.82, 2.24) is 20.0 Å². The summed E-state index contributed by atoms with van der Waals surface area (Å²) in [5.41, 5.74) is 1.37. The average molecular weight is 298 g/mol. The first kappa shape index (κ1) is 14.0. The number of nitrogens with zero attached hydrogens (tertiary/aromatic N) is 4. The molecule has 102 valence electrons. The lowest BCUT2D eigenvalue weighted by Crippen LogP contribution is -2.06. The maximum absolute atomic E-state index is 11.3. The standard InChI is InChI=1S/C11H14N4O2S2/c1-6-10(19-7(2)12-6)9-8(11(16)17)13-14-15(9)4-5-18-3/h4-5H2,1-3H3,(H,16,17). The van der Waals surface area contributed by atoms with Gasteiger partial charge in [0.25, 0.3) is 0 Å². The first-order valence-corrected chi connectivity index (χ1v) is 7.85. The number of carboxylic acid groups (broad SMARTS) is 1. The van der Waals surface area contributed by atoms with E-state index >= 15 is 0 Å². The molecule has 0 aliphatic rings. The zero-order valence-corrected chi connectivity index (χ0v) is 12.5. The van der Waals surface area contributed by atoms with Crippen molar-refractivity contribution in [2.24, 2.45) is 0 Å². The molecule has 6 nitrogen and oxygen atoms in total. The van der Waals surface area contributed by atoms with E-state index in [1.54, 1.807) is 16.4 Å². The molecule has 0 aliphatic heterocycles. The van der Waals surface area contributed by atoms with Gasteiger partial charge in [0.05, 0.1) is 22.1 Å². The smallest absolute Gasteiger partial charge is 0.358 e. The van der Waals surface area contributed by atoms with Gasteiger partial charge in [-0.25, -0.2) is 14.5 Å². The van der Waals surface area contributed by atoms with Crippen LogP contribution in [0.3, 0.4) is 0 Å². The number of rotatable bonds is 5. The molecule has 0 aliphatic carbocycles. The third-order valence-electron chi connectivity index (χ3n) is 2.56. The quantitative estimate of drug-likeness (QED) is 0.910. The Kier molecular flexibility index (Phi) is 4.20. The molecule has 2 aromatic heterocycles. The van der Waals surface area contributed by atoms with Gasteiger partial charge in [0.2, 0.25) is 0 Å². The zero-order valence-electron chi connectivity index (χ0n) is 10.9. The van der Waals surface area contributed by atoms with E-state index in [0.717, 1.165) is 21.3 Å². The maximum atomic E-state index is 11.3. The molecule has 19 heavy (non-hydrogen) atoms. The fourth-order valence-corrected chi connectivity index (χ4v) is 3.09. The second-order valence-corrected chi connectivity index (χ2v) is 6.14. The fraction of sp³-hybridized carbons (Fsp3) is 0.455. The van der Waals surface area contributed by atoms with Gasteiger partial charge in [0.15, 0.2) is 5.69 Å². The maximum Gasteiger partial charge on any atom is 0.358 e. The van der Waals surface area contributed by atoms with Crippen molar-refractivity contribution in [3.63, 3.8) is 0 Å². The highest BCUT2D eigenvalue weighted by atomic mass is 32.2. The Morgan fingerprint density at radius 2 is 2.21 bits per heavy atom. The van der Waals surface area contributed by atoms with Gasteiger partial charge in [-0.05, 0) is 20.1 Å². The highest BCUT2D eigenvalue weighted by Gasteiger charge is 2.23. The summed E-state index contributed by atoms with van der Waals surface area (Å²) in [6.45, 7) is 4.40. The largest absolute Gasteiger partial charge is 0.476 e. The number of hydrogen-bond acceptors (Lipinski definition) is 6. The molecule has 8 heteroatoms. The van der Waals surface area contributed by atoms with Crippen LogP contribution < -0.4 is 0 Å². The van der Waals surface area contributed by atoms with Crippen molar-refractivity contribution in [2.45, 2.75) is 20.4 Å². The van der Waals surface area contributed by atoms with Crippen molar-refractivity contribution < 1.29 is 9.90 Å². The van der Waals surface area contributed by atoms with E-state index in [1.807, 2.05) is 20.1 Å². The van der Waals surface area contributed by atoms with Gasteiger partial charge >= 0.3 is 5.97 Å².